The van der Waals surface area contributed by atoms with Crippen LogP contribution in [-0.2, 0) is 5.41 Å². The van der Waals surface area contributed by atoms with Gasteiger partial charge in [0, 0.05) is 33.3 Å². The molecule has 0 radical (unpaired) electrons. The third-order valence-electron chi connectivity index (χ3n) is 11.6. The number of hydrogen-bond acceptors (Lipinski definition) is 2. The molecule has 0 spiro atoms. The van der Waals surface area contributed by atoms with E-state index in [1.165, 1.54) is 71.4 Å². The van der Waals surface area contributed by atoms with E-state index in [2.05, 4.69) is 189 Å². The Kier molecular flexibility index (Phi) is 6.33. The number of para-hydroxylation sites is 1. The van der Waals surface area contributed by atoms with E-state index in [9.17, 15) is 0 Å². The van der Waals surface area contributed by atoms with Gasteiger partial charge < -0.3 is 9.32 Å². The monoisotopic (exact) mass is 677 g/mol. The zero-order valence-electron chi connectivity index (χ0n) is 29.6. The molecule has 1 aliphatic rings. The lowest BCUT2D eigenvalue weighted by molar-refractivity contribution is 0.661. The maximum atomic E-state index is 6.53. The molecule has 0 saturated carbocycles. The molecule has 0 fully saturated rings. The zero-order chi connectivity index (χ0) is 35.3. The Bertz CT molecular complexity index is 3100. The number of nitrogens with zero attached hydrogens (tertiary/aromatic N) is 1. The van der Waals surface area contributed by atoms with Crippen molar-refractivity contribution in [2.45, 2.75) is 19.3 Å². The summed E-state index contributed by atoms with van der Waals surface area (Å²) in [6.07, 6.45) is 0. The van der Waals surface area contributed by atoms with Crippen LogP contribution in [0.15, 0.2) is 180 Å². The van der Waals surface area contributed by atoms with E-state index in [0.717, 1.165) is 33.3 Å². The minimum Gasteiger partial charge on any atom is -0.456 e. The fourth-order valence-corrected chi connectivity index (χ4v) is 9.24. The van der Waals surface area contributed by atoms with Crippen LogP contribution in [0.4, 0.5) is 17.1 Å². The number of furan rings is 1. The highest BCUT2D eigenvalue weighted by Gasteiger charge is 2.40. The van der Waals surface area contributed by atoms with Crippen LogP contribution in [0.25, 0.3) is 76.5 Å². The van der Waals surface area contributed by atoms with E-state index in [4.69, 9.17) is 4.42 Å². The minimum absolute atomic E-state index is 0.244. The fourth-order valence-electron chi connectivity index (χ4n) is 9.24. The zero-order valence-corrected chi connectivity index (χ0v) is 29.6. The van der Waals surface area contributed by atoms with E-state index in [1.54, 1.807) is 0 Å². The Morgan fingerprint density at radius 2 is 1.04 bits per heavy atom. The maximum absolute atomic E-state index is 6.53. The predicted molar refractivity (Wildman–Crippen MR) is 224 cm³/mol. The van der Waals surface area contributed by atoms with Crippen LogP contribution in [0.5, 0.6) is 0 Å². The Morgan fingerprint density at radius 3 is 1.89 bits per heavy atom. The molecule has 2 nitrogen and oxygen atoms in total. The molecule has 1 heterocycles. The lowest BCUT2D eigenvalue weighted by atomic mass is 9.80. The van der Waals surface area contributed by atoms with Crippen LogP contribution in [0, 0.1) is 0 Å². The van der Waals surface area contributed by atoms with Crippen LogP contribution in [0.3, 0.4) is 0 Å². The summed E-state index contributed by atoms with van der Waals surface area (Å²) < 4.78 is 6.53. The van der Waals surface area contributed by atoms with Gasteiger partial charge in [0.05, 0.1) is 11.4 Å². The smallest absolute Gasteiger partial charge is 0.137 e. The van der Waals surface area contributed by atoms with Crippen molar-refractivity contribution in [1.29, 1.82) is 0 Å². The molecular formula is C51H35NO. The first-order valence-corrected chi connectivity index (χ1v) is 18.4. The van der Waals surface area contributed by atoms with Gasteiger partial charge in [-0.15, -0.1) is 0 Å². The summed E-state index contributed by atoms with van der Waals surface area (Å²) >= 11 is 0. The molecular weight excluding hydrogens is 643 g/mol. The van der Waals surface area contributed by atoms with Crippen LogP contribution in [-0.4, -0.2) is 0 Å². The van der Waals surface area contributed by atoms with Gasteiger partial charge in [0.15, 0.2) is 0 Å². The van der Waals surface area contributed by atoms with Gasteiger partial charge >= 0.3 is 0 Å². The van der Waals surface area contributed by atoms with Gasteiger partial charge in [-0.05, 0) is 90.6 Å². The van der Waals surface area contributed by atoms with Gasteiger partial charge in [0.2, 0.25) is 0 Å². The Balaban J connectivity index is 1.21. The van der Waals surface area contributed by atoms with E-state index in [-0.39, 0.29) is 5.41 Å². The Hall–Kier alpha value is -6.64. The van der Waals surface area contributed by atoms with E-state index >= 15 is 0 Å². The largest absolute Gasteiger partial charge is 0.456 e. The summed E-state index contributed by atoms with van der Waals surface area (Å²) in [6, 6.07) is 64.2. The normalized spacial score (nSPS) is 13.2. The van der Waals surface area contributed by atoms with Crippen LogP contribution in [0.2, 0.25) is 0 Å². The topological polar surface area (TPSA) is 16.4 Å². The molecule has 0 N–H and O–H groups in total. The highest BCUT2D eigenvalue weighted by Crippen LogP contribution is 2.57. The number of fused-ring (bicyclic) bond motifs is 10. The van der Waals surface area contributed by atoms with Crippen molar-refractivity contribution in [2.75, 3.05) is 4.90 Å². The van der Waals surface area contributed by atoms with Crippen molar-refractivity contribution >= 4 is 71.3 Å². The average molecular weight is 678 g/mol. The molecule has 1 aromatic heterocycles. The minimum atomic E-state index is -0.244. The van der Waals surface area contributed by atoms with Crippen molar-refractivity contribution < 1.29 is 4.42 Å². The lowest BCUT2D eigenvalue weighted by Gasteiger charge is -2.33. The molecule has 0 unspecified atom stereocenters. The molecule has 2 heteroatoms. The van der Waals surface area contributed by atoms with E-state index < -0.39 is 0 Å². The standard InChI is InChI=1S/C51H35NO/c1-51(2)44-29-25-33-14-4-6-17-36(33)49(44)43-22-12-23-46(50(43)51)52(34-26-27-42-41-20-9-10-24-47(41)53-48(42)31-34)45-30-28-39(38-18-7-8-19-40(38)45)37-21-11-15-32-13-3-5-16-35(32)37/h3-31H,1-2H3. The third kappa shape index (κ3) is 4.33. The first kappa shape index (κ1) is 30.0. The Labute approximate surface area is 308 Å². The third-order valence-corrected chi connectivity index (χ3v) is 11.6. The average Bonchev–Trinajstić information content (AvgIpc) is 3.69. The van der Waals surface area contributed by atoms with Crippen molar-refractivity contribution in [2.24, 2.45) is 0 Å². The first-order valence-electron chi connectivity index (χ1n) is 18.4. The molecule has 10 aromatic rings. The number of anilines is 3. The van der Waals surface area contributed by atoms with Crippen LogP contribution in [0.1, 0.15) is 25.0 Å². The first-order chi connectivity index (χ1) is 26.1. The molecule has 250 valence electrons. The van der Waals surface area contributed by atoms with Crippen molar-refractivity contribution in [1.82, 2.24) is 0 Å². The maximum Gasteiger partial charge on any atom is 0.137 e. The second-order valence-electron chi connectivity index (χ2n) is 14.9. The fraction of sp³-hybridized carbons (Fsp3) is 0.0588. The van der Waals surface area contributed by atoms with Gasteiger partial charge in [0.1, 0.15) is 11.2 Å². The molecule has 0 amide bonds. The summed E-state index contributed by atoms with van der Waals surface area (Å²) in [5.74, 6) is 0. The van der Waals surface area contributed by atoms with E-state index in [1.807, 2.05) is 6.07 Å². The van der Waals surface area contributed by atoms with E-state index in [0.29, 0.717) is 0 Å². The summed E-state index contributed by atoms with van der Waals surface area (Å²) in [6.45, 7) is 4.77. The summed E-state index contributed by atoms with van der Waals surface area (Å²) in [5, 5.41) is 9.74. The van der Waals surface area contributed by atoms with Gasteiger partial charge in [0.25, 0.3) is 0 Å². The van der Waals surface area contributed by atoms with Crippen LogP contribution >= 0.6 is 0 Å². The molecule has 0 bridgehead atoms. The quantitative estimate of drug-likeness (QED) is 0.184. The summed E-state index contributed by atoms with van der Waals surface area (Å²) in [4.78, 5) is 2.48. The van der Waals surface area contributed by atoms with Gasteiger partial charge in [-0.2, -0.15) is 0 Å². The SMILES string of the molecule is CC1(C)c2ccc3ccccc3c2-c2cccc(N(c3ccc4c(c3)oc3ccccc34)c3ccc(-c4cccc5ccccc45)c4ccccc34)c21. The highest BCUT2D eigenvalue weighted by molar-refractivity contribution is 6.12. The van der Waals surface area contributed by atoms with Crippen molar-refractivity contribution in [3.8, 4) is 22.3 Å². The molecule has 11 rings (SSSR count). The number of hydrogen-bond donors (Lipinski definition) is 0. The van der Waals surface area contributed by atoms with Crippen molar-refractivity contribution in [3.63, 3.8) is 0 Å². The van der Waals surface area contributed by atoms with Gasteiger partial charge in [-0.1, -0.05) is 153 Å². The summed E-state index contributed by atoms with van der Waals surface area (Å²) in [5.41, 5.74) is 12.7. The highest BCUT2D eigenvalue weighted by atomic mass is 16.3. The Morgan fingerprint density at radius 1 is 0.415 bits per heavy atom. The number of benzene rings is 9. The molecule has 1 aliphatic carbocycles. The van der Waals surface area contributed by atoms with Gasteiger partial charge in [-0.25, -0.2) is 0 Å². The predicted octanol–water partition coefficient (Wildman–Crippen LogP) is 14.5. The summed E-state index contributed by atoms with van der Waals surface area (Å²) in [7, 11) is 0. The molecule has 53 heavy (non-hydrogen) atoms. The van der Waals surface area contributed by atoms with Gasteiger partial charge in [-0.3, -0.25) is 0 Å². The molecule has 0 saturated heterocycles. The molecule has 0 atom stereocenters. The number of rotatable bonds is 4. The molecule has 9 aromatic carbocycles. The lowest BCUT2D eigenvalue weighted by Crippen LogP contribution is -2.20. The van der Waals surface area contributed by atoms with Crippen molar-refractivity contribution in [3.05, 3.63) is 187 Å². The molecule has 0 aliphatic heterocycles. The van der Waals surface area contributed by atoms with Crippen LogP contribution < -0.4 is 4.90 Å². The second-order valence-corrected chi connectivity index (χ2v) is 14.9. The second kappa shape index (κ2) is 11.2.